The molecule has 2 heterocycles. The summed E-state index contributed by atoms with van der Waals surface area (Å²) in [6.07, 6.45) is 3.54. The fourth-order valence-corrected chi connectivity index (χ4v) is 3.79. The topological polar surface area (TPSA) is 58.2 Å². The highest BCUT2D eigenvalue weighted by Crippen LogP contribution is 2.14. The van der Waals surface area contributed by atoms with E-state index >= 15 is 0 Å². The van der Waals surface area contributed by atoms with Gasteiger partial charge in [-0.2, -0.15) is 0 Å². The summed E-state index contributed by atoms with van der Waals surface area (Å²) in [6.45, 7) is 1.65. The third-order valence-corrected chi connectivity index (χ3v) is 4.78. The van der Waals surface area contributed by atoms with Gasteiger partial charge in [0.15, 0.2) is 9.84 Å². The molecule has 2 rings (SSSR count). The van der Waals surface area contributed by atoms with Crippen molar-refractivity contribution < 1.29 is 8.42 Å². The molecule has 0 aromatic rings. The van der Waals surface area contributed by atoms with E-state index in [-0.39, 0.29) is 6.04 Å². The third-order valence-electron chi connectivity index (χ3n) is 3.09. The van der Waals surface area contributed by atoms with Crippen LogP contribution in [0.1, 0.15) is 19.3 Å². The Balaban J connectivity index is 1.96. The maximum atomic E-state index is 11.4. The molecule has 2 aliphatic heterocycles. The van der Waals surface area contributed by atoms with E-state index in [0.29, 0.717) is 24.1 Å². The van der Waals surface area contributed by atoms with Crippen LogP contribution in [-0.2, 0) is 9.84 Å². The summed E-state index contributed by atoms with van der Waals surface area (Å²) in [7, 11) is -2.78. The van der Waals surface area contributed by atoms with Gasteiger partial charge >= 0.3 is 0 Å². The zero-order chi connectivity index (χ0) is 10.0. The Bertz CT molecular complexity index is 283. The maximum Gasteiger partial charge on any atom is 0.153 e. The van der Waals surface area contributed by atoms with Crippen LogP contribution in [0.5, 0.6) is 0 Å². The van der Waals surface area contributed by atoms with Gasteiger partial charge in [0.1, 0.15) is 0 Å². The fourth-order valence-electron chi connectivity index (χ4n) is 2.30. The van der Waals surface area contributed by atoms with E-state index in [2.05, 4.69) is 10.6 Å². The number of rotatable bonds is 1. The van der Waals surface area contributed by atoms with Crippen LogP contribution in [0.25, 0.3) is 0 Å². The van der Waals surface area contributed by atoms with E-state index in [1.165, 1.54) is 12.8 Å². The molecule has 2 atom stereocenters. The molecule has 14 heavy (non-hydrogen) atoms. The van der Waals surface area contributed by atoms with Crippen LogP contribution in [-0.4, -0.2) is 45.1 Å². The van der Waals surface area contributed by atoms with Gasteiger partial charge in [-0.3, -0.25) is 0 Å². The van der Waals surface area contributed by atoms with Crippen molar-refractivity contribution in [3.8, 4) is 0 Å². The first kappa shape index (κ1) is 10.4. The van der Waals surface area contributed by atoms with Crippen molar-refractivity contribution in [2.24, 2.45) is 0 Å². The predicted octanol–water partition coefficient (Wildman–Crippen LogP) is -0.485. The van der Waals surface area contributed by atoms with Crippen molar-refractivity contribution in [1.29, 1.82) is 0 Å². The summed E-state index contributed by atoms with van der Waals surface area (Å²) in [5, 5.41) is 6.70. The Morgan fingerprint density at radius 1 is 1.00 bits per heavy atom. The predicted molar refractivity (Wildman–Crippen MR) is 56.1 cm³/mol. The minimum atomic E-state index is -2.78. The van der Waals surface area contributed by atoms with Gasteiger partial charge in [0.05, 0.1) is 11.5 Å². The molecule has 0 amide bonds. The number of nitrogens with one attached hydrogen (secondary N) is 2. The molecule has 4 nitrogen and oxygen atoms in total. The van der Waals surface area contributed by atoms with E-state index < -0.39 is 9.84 Å². The van der Waals surface area contributed by atoms with Gasteiger partial charge in [-0.25, -0.2) is 8.42 Å². The van der Waals surface area contributed by atoms with Crippen LogP contribution >= 0.6 is 0 Å². The first-order valence-electron chi connectivity index (χ1n) is 5.34. The monoisotopic (exact) mass is 218 g/mol. The molecule has 0 bridgehead atoms. The van der Waals surface area contributed by atoms with Gasteiger partial charge in [-0.15, -0.1) is 0 Å². The summed E-state index contributed by atoms with van der Waals surface area (Å²) in [6, 6.07) is 0.493. The summed E-state index contributed by atoms with van der Waals surface area (Å²) in [5.41, 5.74) is 0. The number of hydrogen-bond acceptors (Lipinski definition) is 4. The van der Waals surface area contributed by atoms with Gasteiger partial charge in [-0.1, -0.05) is 6.42 Å². The van der Waals surface area contributed by atoms with E-state index in [9.17, 15) is 8.42 Å². The normalized spacial score (nSPS) is 38.0. The molecule has 0 aliphatic carbocycles. The van der Waals surface area contributed by atoms with Crippen molar-refractivity contribution in [3.63, 3.8) is 0 Å². The highest BCUT2D eigenvalue weighted by atomic mass is 32.2. The second-order valence-corrected chi connectivity index (χ2v) is 6.46. The summed E-state index contributed by atoms with van der Waals surface area (Å²) >= 11 is 0. The molecule has 0 spiro atoms. The first-order chi connectivity index (χ1) is 6.67. The largest absolute Gasteiger partial charge is 0.312 e. The third kappa shape index (κ3) is 2.46. The molecule has 2 unspecified atom stereocenters. The molecule has 2 aliphatic rings. The second-order valence-electron chi connectivity index (χ2n) is 4.23. The molecule has 0 saturated carbocycles. The molecular weight excluding hydrogens is 200 g/mol. The summed E-state index contributed by atoms with van der Waals surface area (Å²) in [5.74, 6) is 0.612. The maximum absolute atomic E-state index is 11.4. The van der Waals surface area contributed by atoms with E-state index in [1.54, 1.807) is 0 Å². The Kier molecular flexibility index (Phi) is 3.09. The smallest absolute Gasteiger partial charge is 0.153 e. The lowest BCUT2D eigenvalue weighted by molar-refractivity contribution is 0.324. The number of hydrogen-bond donors (Lipinski definition) is 2. The molecule has 0 radical (unpaired) electrons. The number of piperidine rings is 1. The van der Waals surface area contributed by atoms with Crippen molar-refractivity contribution in [2.45, 2.75) is 31.3 Å². The Morgan fingerprint density at radius 3 is 2.43 bits per heavy atom. The molecule has 2 fully saturated rings. The molecule has 2 saturated heterocycles. The molecule has 0 aromatic heterocycles. The SMILES string of the molecule is O=S1(=O)CCNC(C2CCCCN2)C1. The van der Waals surface area contributed by atoms with Crippen LogP contribution in [0.2, 0.25) is 0 Å². The van der Waals surface area contributed by atoms with E-state index in [1.807, 2.05) is 0 Å². The van der Waals surface area contributed by atoms with Crippen molar-refractivity contribution >= 4 is 9.84 Å². The van der Waals surface area contributed by atoms with Crippen molar-refractivity contribution in [2.75, 3.05) is 24.6 Å². The lowest BCUT2D eigenvalue weighted by Gasteiger charge is -2.34. The molecular formula is C9H18N2O2S. The molecule has 82 valence electrons. The quantitative estimate of drug-likeness (QED) is 0.624. The van der Waals surface area contributed by atoms with Gasteiger partial charge in [0, 0.05) is 18.6 Å². The molecule has 5 heteroatoms. The van der Waals surface area contributed by atoms with Crippen molar-refractivity contribution in [1.82, 2.24) is 10.6 Å². The van der Waals surface area contributed by atoms with Gasteiger partial charge in [-0.05, 0) is 19.4 Å². The zero-order valence-corrected chi connectivity index (χ0v) is 9.15. The molecule has 2 N–H and O–H groups in total. The Hall–Kier alpha value is -0.130. The second kappa shape index (κ2) is 4.16. The first-order valence-corrected chi connectivity index (χ1v) is 7.17. The van der Waals surface area contributed by atoms with Crippen LogP contribution in [0.4, 0.5) is 0 Å². The summed E-state index contributed by atoms with van der Waals surface area (Å²) < 4.78 is 22.9. The Labute approximate surface area is 85.4 Å². The minimum absolute atomic E-state index is 0.133. The fraction of sp³-hybridized carbons (Fsp3) is 1.00. The summed E-state index contributed by atoms with van der Waals surface area (Å²) in [4.78, 5) is 0. The van der Waals surface area contributed by atoms with Crippen LogP contribution in [0.15, 0.2) is 0 Å². The van der Waals surface area contributed by atoms with Gasteiger partial charge in [0.25, 0.3) is 0 Å². The average Bonchev–Trinajstić information content (AvgIpc) is 2.18. The standard InChI is InChI=1S/C9H18N2O2S/c12-14(13)6-5-11-9(7-14)8-3-1-2-4-10-8/h8-11H,1-7H2. The van der Waals surface area contributed by atoms with Crippen molar-refractivity contribution in [3.05, 3.63) is 0 Å². The van der Waals surface area contributed by atoms with Crippen LogP contribution in [0.3, 0.4) is 0 Å². The highest BCUT2D eigenvalue weighted by molar-refractivity contribution is 7.91. The zero-order valence-electron chi connectivity index (χ0n) is 8.33. The Morgan fingerprint density at radius 2 is 1.79 bits per heavy atom. The van der Waals surface area contributed by atoms with Gasteiger partial charge in [0.2, 0.25) is 0 Å². The van der Waals surface area contributed by atoms with E-state index in [4.69, 9.17) is 0 Å². The average molecular weight is 218 g/mol. The lowest BCUT2D eigenvalue weighted by atomic mass is 9.99. The van der Waals surface area contributed by atoms with Gasteiger partial charge < -0.3 is 10.6 Å². The van der Waals surface area contributed by atoms with Crippen LogP contribution in [0, 0.1) is 0 Å². The lowest BCUT2D eigenvalue weighted by Crippen LogP contribution is -2.57. The highest BCUT2D eigenvalue weighted by Gasteiger charge is 2.30. The minimum Gasteiger partial charge on any atom is -0.312 e. The number of sulfone groups is 1. The molecule has 0 aromatic carbocycles. The van der Waals surface area contributed by atoms with Crippen LogP contribution < -0.4 is 10.6 Å². The van der Waals surface area contributed by atoms with E-state index in [0.717, 1.165) is 13.0 Å².